The van der Waals surface area contributed by atoms with Gasteiger partial charge in [-0.25, -0.2) is 4.98 Å². The monoisotopic (exact) mass is 260 g/mol. The molecule has 0 atom stereocenters. The molecule has 90 valence electrons. The van der Waals surface area contributed by atoms with Gasteiger partial charge in [0.05, 0.1) is 4.88 Å². The Labute approximate surface area is 98.1 Å². The highest BCUT2D eigenvalue weighted by Crippen LogP contribution is 2.33. The number of fused-ring (bicyclic) bond motifs is 1. The average molecular weight is 260 g/mol. The highest BCUT2D eigenvalue weighted by atomic mass is 32.1. The molecule has 0 aliphatic heterocycles. The first-order valence-corrected chi connectivity index (χ1v) is 5.39. The van der Waals surface area contributed by atoms with Crippen molar-refractivity contribution in [2.45, 2.75) is 13.1 Å². The fourth-order valence-corrected chi connectivity index (χ4v) is 2.52. The maximum absolute atomic E-state index is 12.4. The van der Waals surface area contributed by atoms with Gasteiger partial charge in [-0.2, -0.15) is 13.2 Å². The number of carbonyl (C=O) groups excluding carboxylic acids is 1. The molecule has 2 N–H and O–H groups in total. The topological polar surface area (TPSA) is 56.0 Å². The number of aryl methyl sites for hydroxylation is 1. The van der Waals surface area contributed by atoms with Gasteiger partial charge in [0.15, 0.2) is 0 Å². The van der Waals surface area contributed by atoms with Crippen LogP contribution in [0.5, 0.6) is 0 Å². The van der Waals surface area contributed by atoms with Crippen LogP contribution in [0.25, 0.3) is 10.2 Å². The molecule has 2 aromatic heterocycles. The summed E-state index contributed by atoms with van der Waals surface area (Å²) in [5.74, 6) is -0.654. The Balaban J connectivity index is 2.68. The fourth-order valence-electron chi connectivity index (χ4n) is 1.49. The summed E-state index contributed by atoms with van der Waals surface area (Å²) >= 11 is 0.877. The summed E-state index contributed by atoms with van der Waals surface area (Å²) in [6.07, 6.45) is -4.49. The Hall–Kier alpha value is -1.63. The van der Waals surface area contributed by atoms with Gasteiger partial charge in [-0.1, -0.05) is 0 Å². The second kappa shape index (κ2) is 3.69. The van der Waals surface area contributed by atoms with E-state index in [1.165, 1.54) is 6.07 Å². The smallest absolute Gasteiger partial charge is 0.365 e. The van der Waals surface area contributed by atoms with Crippen molar-refractivity contribution < 1.29 is 18.0 Å². The SMILES string of the molecule is Cc1c(C(N)=O)sc2nc(C(F)(F)F)ccc12. The van der Waals surface area contributed by atoms with Crippen LogP contribution in [0.2, 0.25) is 0 Å². The average Bonchev–Trinajstić information content (AvgIpc) is 2.54. The lowest BCUT2D eigenvalue weighted by Crippen LogP contribution is -2.09. The molecule has 17 heavy (non-hydrogen) atoms. The van der Waals surface area contributed by atoms with Gasteiger partial charge in [-0.15, -0.1) is 11.3 Å². The fraction of sp³-hybridized carbons (Fsp3) is 0.200. The minimum Gasteiger partial charge on any atom is -0.365 e. The molecular weight excluding hydrogens is 253 g/mol. The zero-order chi connectivity index (χ0) is 12.8. The molecule has 0 unspecified atom stereocenters. The zero-order valence-electron chi connectivity index (χ0n) is 8.63. The first-order chi connectivity index (χ1) is 7.80. The number of nitrogens with zero attached hydrogens (tertiary/aromatic N) is 1. The van der Waals surface area contributed by atoms with Gasteiger partial charge < -0.3 is 5.73 Å². The third kappa shape index (κ3) is 1.97. The van der Waals surface area contributed by atoms with E-state index in [-0.39, 0.29) is 9.71 Å². The van der Waals surface area contributed by atoms with Gasteiger partial charge in [-0.05, 0) is 24.6 Å². The number of aromatic nitrogens is 1. The van der Waals surface area contributed by atoms with E-state index in [1.807, 2.05) is 0 Å². The van der Waals surface area contributed by atoms with Crippen LogP contribution in [-0.2, 0) is 6.18 Å². The van der Waals surface area contributed by atoms with Gasteiger partial charge in [0.1, 0.15) is 10.5 Å². The summed E-state index contributed by atoms with van der Waals surface area (Å²) in [6.45, 7) is 1.63. The number of rotatable bonds is 1. The molecule has 2 heterocycles. The summed E-state index contributed by atoms with van der Waals surface area (Å²) in [4.78, 5) is 15.0. The molecule has 1 amide bonds. The van der Waals surface area contributed by atoms with Crippen molar-refractivity contribution in [1.29, 1.82) is 0 Å². The lowest BCUT2D eigenvalue weighted by atomic mass is 10.2. The predicted molar refractivity (Wildman–Crippen MR) is 57.9 cm³/mol. The van der Waals surface area contributed by atoms with Crippen molar-refractivity contribution in [3.63, 3.8) is 0 Å². The number of carbonyl (C=O) groups is 1. The Morgan fingerprint density at radius 2 is 2.06 bits per heavy atom. The molecule has 0 aliphatic rings. The molecule has 2 rings (SSSR count). The number of nitrogens with two attached hydrogens (primary N) is 1. The largest absolute Gasteiger partial charge is 0.433 e. The minimum absolute atomic E-state index is 0.172. The summed E-state index contributed by atoms with van der Waals surface area (Å²) in [6, 6.07) is 2.20. The van der Waals surface area contributed by atoms with E-state index in [0.29, 0.717) is 10.9 Å². The van der Waals surface area contributed by atoms with E-state index in [1.54, 1.807) is 6.92 Å². The first kappa shape index (κ1) is 11.8. The maximum Gasteiger partial charge on any atom is 0.433 e. The molecule has 0 fully saturated rings. The van der Waals surface area contributed by atoms with E-state index in [0.717, 1.165) is 17.4 Å². The normalized spacial score (nSPS) is 12.0. The van der Waals surface area contributed by atoms with Crippen molar-refractivity contribution in [2.24, 2.45) is 5.73 Å². The van der Waals surface area contributed by atoms with Crippen molar-refractivity contribution >= 4 is 27.5 Å². The van der Waals surface area contributed by atoms with Gasteiger partial charge in [0.25, 0.3) is 5.91 Å². The van der Waals surface area contributed by atoms with Crippen LogP contribution in [0.15, 0.2) is 12.1 Å². The third-order valence-electron chi connectivity index (χ3n) is 2.32. The number of amides is 1. The molecule has 0 aliphatic carbocycles. The molecule has 0 radical (unpaired) electrons. The van der Waals surface area contributed by atoms with Crippen molar-refractivity contribution in [3.8, 4) is 0 Å². The van der Waals surface area contributed by atoms with Crippen LogP contribution in [0.1, 0.15) is 20.9 Å². The number of alkyl halides is 3. The number of primary amides is 1. The van der Waals surface area contributed by atoms with Crippen LogP contribution in [-0.4, -0.2) is 10.9 Å². The number of hydrogen-bond donors (Lipinski definition) is 1. The van der Waals surface area contributed by atoms with Crippen molar-refractivity contribution in [2.75, 3.05) is 0 Å². The molecule has 0 aromatic carbocycles. The minimum atomic E-state index is -4.49. The Kier molecular flexibility index (Phi) is 2.57. The molecule has 0 saturated carbocycles. The van der Waals surface area contributed by atoms with Gasteiger partial charge in [0.2, 0.25) is 0 Å². The van der Waals surface area contributed by atoms with Crippen LogP contribution in [0, 0.1) is 6.92 Å². The zero-order valence-corrected chi connectivity index (χ0v) is 9.45. The second-order valence-electron chi connectivity index (χ2n) is 3.47. The Bertz CT molecular complexity index is 603. The van der Waals surface area contributed by atoms with Crippen LogP contribution >= 0.6 is 11.3 Å². The molecule has 0 bridgehead atoms. The second-order valence-corrected chi connectivity index (χ2v) is 4.47. The van der Waals surface area contributed by atoms with Crippen molar-refractivity contribution in [3.05, 3.63) is 28.3 Å². The standard InChI is InChI=1S/C10H7F3N2OS/c1-4-5-2-3-6(10(11,12)13)15-9(5)17-7(4)8(14)16/h2-3H,1H3,(H2,14,16). The molecule has 7 heteroatoms. The molecule has 0 spiro atoms. The molecule has 2 aromatic rings. The number of halogens is 3. The molecular formula is C10H7F3N2OS. The van der Waals surface area contributed by atoms with E-state index < -0.39 is 17.8 Å². The van der Waals surface area contributed by atoms with Gasteiger partial charge in [-0.3, -0.25) is 4.79 Å². The lowest BCUT2D eigenvalue weighted by Gasteiger charge is -2.04. The van der Waals surface area contributed by atoms with Crippen molar-refractivity contribution in [1.82, 2.24) is 4.98 Å². The summed E-state index contributed by atoms with van der Waals surface area (Å²) < 4.78 is 37.3. The predicted octanol–water partition coefficient (Wildman–Crippen LogP) is 2.72. The highest BCUT2D eigenvalue weighted by Gasteiger charge is 2.33. The van der Waals surface area contributed by atoms with E-state index in [2.05, 4.69) is 4.98 Å². The summed E-state index contributed by atoms with van der Waals surface area (Å²) in [7, 11) is 0. The Morgan fingerprint density at radius 1 is 1.41 bits per heavy atom. The number of hydrogen-bond acceptors (Lipinski definition) is 3. The Morgan fingerprint density at radius 3 is 2.59 bits per heavy atom. The maximum atomic E-state index is 12.4. The van der Waals surface area contributed by atoms with E-state index >= 15 is 0 Å². The highest BCUT2D eigenvalue weighted by molar-refractivity contribution is 7.20. The van der Waals surface area contributed by atoms with Crippen LogP contribution in [0.3, 0.4) is 0 Å². The van der Waals surface area contributed by atoms with Crippen LogP contribution < -0.4 is 5.73 Å². The summed E-state index contributed by atoms with van der Waals surface area (Å²) in [5, 5.41) is 0.525. The molecule has 0 saturated heterocycles. The van der Waals surface area contributed by atoms with Gasteiger partial charge >= 0.3 is 6.18 Å². The lowest BCUT2D eigenvalue weighted by molar-refractivity contribution is -0.140. The first-order valence-electron chi connectivity index (χ1n) is 4.58. The number of pyridine rings is 1. The molecule has 3 nitrogen and oxygen atoms in total. The quantitative estimate of drug-likeness (QED) is 0.857. The third-order valence-corrected chi connectivity index (χ3v) is 3.53. The van der Waals surface area contributed by atoms with E-state index in [9.17, 15) is 18.0 Å². The number of thiophene rings is 1. The van der Waals surface area contributed by atoms with Crippen LogP contribution in [0.4, 0.5) is 13.2 Å². The van der Waals surface area contributed by atoms with Gasteiger partial charge in [0, 0.05) is 5.39 Å². The summed E-state index contributed by atoms with van der Waals surface area (Å²) in [5.41, 5.74) is 4.72. The van der Waals surface area contributed by atoms with E-state index in [4.69, 9.17) is 5.73 Å².